The Morgan fingerprint density at radius 2 is 1.82 bits per heavy atom. The van der Waals surface area contributed by atoms with Gasteiger partial charge in [-0.1, -0.05) is 18.5 Å². The highest BCUT2D eigenvalue weighted by atomic mass is 35.5. The van der Waals surface area contributed by atoms with Crippen LogP contribution in [0.5, 0.6) is 0 Å². The van der Waals surface area contributed by atoms with Gasteiger partial charge >= 0.3 is 6.18 Å². The third kappa shape index (κ3) is 4.33. The minimum Gasteiger partial charge on any atom is -0.307 e. The Hall–Kier alpha value is -3.32. The highest BCUT2D eigenvalue weighted by molar-refractivity contribution is 7.91. The molecular weight excluding hydrogens is 483 g/mol. The first-order valence-electron chi connectivity index (χ1n) is 9.39. The van der Waals surface area contributed by atoms with Gasteiger partial charge in [0.2, 0.25) is 0 Å². The summed E-state index contributed by atoms with van der Waals surface area (Å²) in [5.74, 6) is -0.160. The van der Waals surface area contributed by atoms with Gasteiger partial charge < -0.3 is 4.57 Å². The van der Waals surface area contributed by atoms with Crippen LogP contribution in [0.3, 0.4) is 0 Å². The molecule has 0 atom stereocenters. The fourth-order valence-corrected chi connectivity index (χ4v) is 4.24. The number of sulfone groups is 1. The lowest BCUT2D eigenvalue weighted by atomic mass is 10.2. The molecule has 4 aromatic heterocycles. The minimum atomic E-state index is -4.56. The van der Waals surface area contributed by atoms with Gasteiger partial charge in [-0.05, 0) is 24.3 Å². The molecule has 4 heterocycles. The number of hydrogen-bond donors (Lipinski definition) is 0. The lowest BCUT2D eigenvalue weighted by Gasteiger charge is -2.11. The van der Waals surface area contributed by atoms with Crippen LogP contribution in [0, 0.1) is 0 Å². The van der Waals surface area contributed by atoms with Crippen LogP contribution >= 0.6 is 11.6 Å². The third-order valence-corrected chi connectivity index (χ3v) is 6.72. The zero-order valence-corrected chi connectivity index (χ0v) is 18.7. The second-order valence-electron chi connectivity index (χ2n) is 6.86. The van der Waals surface area contributed by atoms with E-state index in [0.29, 0.717) is 5.69 Å². The Labute approximate surface area is 190 Å². The molecule has 0 aliphatic heterocycles. The molecule has 0 saturated carbocycles. The molecule has 0 bridgehead atoms. The number of pyridine rings is 2. The maximum absolute atomic E-state index is 13.1. The van der Waals surface area contributed by atoms with E-state index in [1.54, 1.807) is 6.20 Å². The van der Waals surface area contributed by atoms with Gasteiger partial charge in [0.15, 0.2) is 26.6 Å². The van der Waals surface area contributed by atoms with Crippen LogP contribution in [0.2, 0.25) is 5.15 Å². The molecule has 0 aliphatic carbocycles. The van der Waals surface area contributed by atoms with E-state index >= 15 is 0 Å². The SMILES string of the molecule is CCS(=O)(=O)c1cc(-n2ccc(Cl)n2)cnc1-c1nnc(-c2cc(C(F)(F)F)ccn2)n1C. The Morgan fingerprint density at radius 1 is 1.09 bits per heavy atom. The number of aromatic nitrogens is 7. The topological polar surface area (TPSA) is 108 Å². The predicted molar refractivity (Wildman–Crippen MR) is 112 cm³/mol. The molecule has 172 valence electrons. The summed E-state index contributed by atoms with van der Waals surface area (Å²) in [5.41, 5.74) is -0.632. The van der Waals surface area contributed by atoms with Crippen molar-refractivity contribution in [1.82, 2.24) is 34.5 Å². The largest absolute Gasteiger partial charge is 0.416 e. The van der Waals surface area contributed by atoms with Gasteiger partial charge in [0, 0.05) is 19.4 Å². The Bertz CT molecular complexity index is 1450. The van der Waals surface area contributed by atoms with Crippen LogP contribution in [-0.2, 0) is 23.1 Å². The molecule has 0 unspecified atom stereocenters. The van der Waals surface area contributed by atoms with Crippen molar-refractivity contribution in [2.75, 3.05) is 5.75 Å². The van der Waals surface area contributed by atoms with Crippen LogP contribution in [0.1, 0.15) is 12.5 Å². The molecule has 0 aromatic carbocycles. The van der Waals surface area contributed by atoms with Gasteiger partial charge in [-0.2, -0.15) is 18.3 Å². The second-order valence-corrected chi connectivity index (χ2v) is 9.49. The Balaban J connectivity index is 1.86. The number of hydrogen-bond acceptors (Lipinski definition) is 7. The van der Waals surface area contributed by atoms with E-state index in [1.807, 2.05) is 0 Å². The normalized spacial score (nSPS) is 12.3. The number of alkyl halides is 3. The van der Waals surface area contributed by atoms with Gasteiger partial charge in [-0.15, -0.1) is 10.2 Å². The van der Waals surface area contributed by atoms with E-state index in [9.17, 15) is 21.6 Å². The smallest absolute Gasteiger partial charge is 0.307 e. The third-order valence-electron chi connectivity index (χ3n) is 4.78. The van der Waals surface area contributed by atoms with Crippen molar-refractivity contribution >= 4 is 21.4 Å². The molecule has 0 aliphatic rings. The van der Waals surface area contributed by atoms with Crippen LogP contribution in [0.15, 0.2) is 47.8 Å². The predicted octanol–water partition coefficient (Wildman–Crippen LogP) is 3.59. The van der Waals surface area contributed by atoms with Crippen molar-refractivity contribution in [3.63, 3.8) is 0 Å². The molecule has 4 rings (SSSR count). The van der Waals surface area contributed by atoms with Gasteiger partial charge in [-0.3, -0.25) is 4.98 Å². The van der Waals surface area contributed by atoms with E-state index in [-0.39, 0.29) is 38.8 Å². The van der Waals surface area contributed by atoms with Crippen molar-refractivity contribution in [3.8, 4) is 28.7 Å². The molecule has 0 saturated heterocycles. The molecule has 14 heteroatoms. The Kier molecular flexibility index (Phi) is 5.70. The molecule has 0 N–H and O–H groups in total. The maximum atomic E-state index is 13.1. The number of nitrogens with zero attached hydrogens (tertiary/aromatic N) is 7. The average molecular weight is 498 g/mol. The van der Waals surface area contributed by atoms with Crippen molar-refractivity contribution < 1.29 is 21.6 Å². The Morgan fingerprint density at radius 3 is 2.45 bits per heavy atom. The quantitative estimate of drug-likeness (QED) is 0.414. The lowest BCUT2D eigenvalue weighted by Crippen LogP contribution is -2.11. The zero-order chi connectivity index (χ0) is 24.0. The zero-order valence-electron chi connectivity index (χ0n) is 17.1. The first kappa shape index (κ1) is 22.9. The van der Waals surface area contributed by atoms with Crippen molar-refractivity contribution in [2.24, 2.45) is 7.05 Å². The van der Waals surface area contributed by atoms with Crippen LogP contribution in [0.4, 0.5) is 13.2 Å². The molecule has 33 heavy (non-hydrogen) atoms. The van der Waals surface area contributed by atoms with Gasteiger partial charge in [-0.25, -0.2) is 18.1 Å². The number of rotatable bonds is 5. The molecule has 4 aromatic rings. The molecule has 9 nitrogen and oxygen atoms in total. The molecule has 0 spiro atoms. The van der Waals surface area contributed by atoms with Gasteiger partial charge in [0.05, 0.1) is 28.1 Å². The summed E-state index contributed by atoms with van der Waals surface area (Å²) in [6, 6.07) is 4.59. The van der Waals surface area contributed by atoms with Gasteiger partial charge in [0.1, 0.15) is 11.4 Å². The van der Waals surface area contributed by atoms with Crippen molar-refractivity contribution in [2.45, 2.75) is 18.0 Å². The van der Waals surface area contributed by atoms with Crippen LogP contribution in [0.25, 0.3) is 28.7 Å². The minimum absolute atomic E-state index is 0.00733. The highest BCUT2D eigenvalue weighted by Crippen LogP contribution is 2.32. The molecule has 0 amide bonds. The molecular formula is C19H15ClF3N7O2S. The van der Waals surface area contributed by atoms with Crippen molar-refractivity contribution in [3.05, 3.63) is 53.6 Å². The second kappa shape index (κ2) is 8.23. The van der Waals surface area contributed by atoms with E-state index < -0.39 is 21.6 Å². The average Bonchev–Trinajstić information content (AvgIpc) is 3.38. The van der Waals surface area contributed by atoms with Crippen LogP contribution < -0.4 is 0 Å². The first-order valence-corrected chi connectivity index (χ1v) is 11.4. The standard InChI is InChI=1S/C19H15ClF3N7O2S/c1-3-33(31,32)14-9-12(30-7-5-15(20)28-30)10-25-16(14)18-27-26-17(29(18)2)13-8-11(4-6-24-13)19(21,22)23/h4-10H,3H2,1-2H3. The van der Waals surface area contributed by atoms with Crippen molar-refractivity contribution in [1.29, 1.82) is 0 Å². The summed E-state index contributed by atoms with van der Waals surface area (Å²) in [6.45, 7) is 1.48. The summed E-state index contributed by atoms with van der Waals surface area (Å²) in [4.78, 5) is 8.08. The molecule has 0 fully saturated rings. The summed E-state index contributed by atoms with van der Waals surface area (Å²) in [7, 11) is -2.30. The number of halogens is 4. The van der Waals surface area contributed by atoms with Gasteiger partial charge in [0.25, 0.3) is 0 Å². The van der Waals surface area contributed by atoms with Crippen LogP contribution in [-0.4, -0.2) is 48.7 Å². The summed E-state index contributed by atoms with van der Waals surface area (Å²) in [5, 5.41) is 12.2. The monoisotopic (exact) mass is 497 g/mol. The van der Waals surface area contributed by atoms with E-state index in [1.165, 1.54) is 41.5 Å². The first-order chi connectivity index (χ1) is 15.5. The van der Waals surface area contributed by atoms with E-state index in [4.69, 9.17) is 11.6 Å². The summed E-state index contributed by atoms with van der Waals surface area (Å²) >= 11 is 5.85. The van der Waals surface area contributed by atoms with E-state index in [2.05, 4.69) is 25.3 Å². The van der Waals surface area contributed by atoms with E-state index in [0.717, 1.165) is 18.3 Å². The molecule has 0 radical (unpaired) electrons. The summed E-state index contributed by atoms with van der Waals surface area (Å²) in [6.07, 6.45) is -0.624. The highest BCUT2D eigenvalue weighted by Gasteiger charge is 2.31. The fourth-order valence-electron chi connectivity index (χ4n) is 3.05. The fraction of sp³-hybridized carbons (Fsp3) is 0.211. The maximum Gasteiger partial charge on any atom is 0.416 e. The lowest BCUT2D eigenvalue weighted by molar-refractivity contribution is -0.137. The summed E-state index contributed by atoms with van der Waals surface area (Å²) < 4.78 is 67.7.